The van der Waals surface area contributed by atoms with Gasteiger partial charge >= 0.3 is 0 Å². The Morgan fingerprint density at radius 1 is 1.33 bits per heavy atom. The fourth-order valence-corrected chi connectivity index (χ4v) is 3.41. The molecule has 1 unspecified atom stereocenters. The van der Waals surface area contributed by atoms with Crippen molar-refractivity contribution in [2.45, 2.75) is 58.5 Å². The van der Waals surface area contributed by atoms with Crippen LogP contribution in [0.5, 0.6) is 0 Å². The Morgan fingerprint density at radius 3 is 2.40 bits per heavy atom. The van der Waals surface area contributed by atoms with Crippen molar-refractivity contribution in [3.05, 3.63) is 23.3 Å². The van der Waals surface area contributed by atoms with Crippen molar-refractivity contribution in [2.75, 3.05) is 0 Å². The van der Waals surface area contributed by atoms with E-state index in [-0.39, 0.29) is 0 Å². The lowest BCUT2D eigenvalue weighted by Crippen LogP contribution is -2.23. The van der Waals surface area contributed by atoms with Gasteiger partial charge in [0.2, 0.25) is 0 Å². The van der Waals surface area contributed by atoms with Gasteiger partial charge in [-0.15, -0.1) is 0 Å². The molecular formula is C14H24S. The van der Waals surface area contributed by atoms with Crippen LogP contribution in [0.4, 0.5) is 0 Å². The lowest BCUT2D eigenvalue weighted by molar-refractivity contribution is 0.484. The minimum Gasteiger partial charge on any atom is -0.151 e. The van der Waals surface area contributed by atoms with E-state index in [2.05, 4.69) is 65.5 Å². The van der Waals surface area contributed by atoms with Gasteiger partial charge in [0.1, 0.15) is 0 Å². The predicted octanol–water partition coefficient (Wildman–Crippen LogP) is 4.82. The van der Waals surface area contributed by atoms with Gasteiger partial charge in [0.25, 0.3) is 0 Å². The van der Waals surface area contributed by atoms with Crippen molar-refractivity contribution in [1.82, 2.24) is 0 Å². The molecule has 0 heterocycles. The Balaban J connectivity index is 2.88. The summed E-state index contributed by atoms with van der Waals surface area (Å²) in [5.41, 5.74) is 3.35. The molecule has 0 bridgehead atoms. The van der Waals surface area contributed by atoms with Crippen molar-refractivity contribution in [2.24, 2.45) is 5.41 Å². The summed E-state index contributed by atoms with van der Waals surface area (Å²) in [7, 11) is 0. The van der Waals surface area contributed by atoms with E-state index in [4.69, 9.17) is 0 Å². The Hall–Kier alpha value is -0.170. The highest BCUT2D eigenvalue weighted by atomic mass is 32.2. The summed E-state index contributed by atoms with van der Waals surface area (Å²) in [5.74, 6) is 0. The summed E-state index contributed by atoms with van der Waals surface area (Å²) in [6, 6.07) is 0. The first-order valence-electron chi connectivity index (χ1n) is 5.85. The Labute approximate surface area is 99.2 Å². The van der Waals surface area contributed by atoms with Crippen LogP contribution in [-0.2, 0) is 0 Å². The van der Waals surface area contributed by atoms with E-state index in [9.17, 15) is 0 Å². The summed E-state index contributed by atoms with van der Waals surface area (Å²) in [6.07, 6.45) is 5.97. The highest BCUT2D eigenvalue weighted by Crippen LogP contribution is 2.40. The van der Waals surface area contributed by atoms with Gasteiger partial charge in [0.05, 0.1) is 0 Å². The second kappa shape index (κ2) is 4.78. The first-order chi connectivity index (χ1) is 6.80. The fraction of sp³-hybridized carbons (Fsp3) is 0.714. The standard InChI is InChI=1S/C14H24S/c1-10(2)15-13-8-7-11(3)9-12(13)14(4,5)6/h7,9-10,13H,8H2,1-6H3. The summed E-state index contributed by atoms with van der Waals surface area (Å²) in [5, 5.41) is 1.40. The monoisotopic (exact) mass is 224 g/mol. The van der Waals surface area contributed by atoms with Gasteiger partial charge in [-0.1, -0.05) is 57.9 Å². The molecule has 0 spiro atoms. The van der Waals surface area contributed by atoms with Gasteiger partial charge in [0, 0.05) is 5.25 Å². The maximum absolute atomic E-state index is 2.39. The van der Waals surface area contributed by atoms with Gasteiger partial charge in [0.15, 0.2) is 0 Å². The molecule has 0 aromatic heterocycles. The first-order valence-corrected chi connectivity index (χ1v) is 6.79. The van der Waals surface area contributed by atoms with Crippen LogP contribution >= 0.6 is 11.8 Å². The third kappa shape index (κ3) is 3.71. The van der Waals surface area contributed by atoms with Crippen molar-refractivity contribution < 1.29 is 0 Å². The minimum atomic E-state index is 0.308. The second-order valence-corrected chi connectivity index (χ2v) is 7.49. The number of hydrogen-bond donors (Lipinski definition) is 0. The van der Waals surface area contributed by atoms with E-state index in [1.165, 1.54) is 12.0 Å². The van der Waals surface area contributed by atoms with Crippen LogP contribution in [0.3, 0.4) is 0 Å². The second-order valence-electron chi connectivity index (χ2n) is 5.71. The van der Waals surface area contributed by atoms with Crippen LogP contribution in [0.25, 0.3) is 0 Å². The molecule has 0 amide bonds. The molecule has 0 aromatic rings. The highest BCUT2D eigenvalue weighted by molar-refractivity contribution is 8.00. The van der Waals surface area contributed by atoms with Crippen LogP contribution < -0.4 is 0 Å². The molecule has 0 fully saturated rings. The van der Waals surface area contributed by atoms with Gasteiger partial charge in [-0.25, -0.2) is 0 Å². The molecule has 0 aromatic carbocycles. The van der Waals surface area contributed by atoms with Crippen molar-refractivity contribution in [1.29, 1.82) is 0 Å². The number of thioether (sulfide) groups is 1. The number of hydrogen-bond acceptors (Lipinski definition) is 1. The summed E-state index contributed by atoms with van der Waals surface area (Å²) in [6.45, 7) is 13.8. The van der Waals surface area contributed by atoms with Gasteiger partial charge in [-0.05, 0) is 24.0 Å². The zero-order chi connectivity index (χ0) is 11.6. The average molecular weight is 224 g/mol. The Morgan fingerprint density at radius 2 is 1.93 bits per heavy atom. The molecule has 0 radical (unpaired) electrons. The topological polar surface area (TPSA) is 0 Å². The van der Waals surface area contributed by atoms with Crippen LogP contribution in [0.15, 0.2) is 23.3 Å². The molecule has 1 atom stereocenters. The van der Waals surface area contributed by atoms with Crippen molar-refractivity contribution in [3.8, 4) is 0 Å². The van der Waals surface area contributed by atoms with Gasteiger partial charge in [-0.3, -0.25) is 0 Å². The summed E-state index contributed by atoms with van der Waals surface area (Å²) in [4.78, 5) is 0. The smallest absolute Gasteiger partial charge is 0.0302 e. The molecule has 1 aliphatic rings. The third-order valence-corrected chi connectivity index (χ3v) is 4.01. The first kappa shape index (κ1) is 12.9. The molecule has 0 saturated carbocycles. The fourth-order valence-electron chi connectivity index (χ4n) is 1.97. The largest absolute Gasteiger partial charge is 0.151 e. The normalized spacial score (nSPS) is 22.7. The maximum Gasteiger partial charge on any atom is 0.0302 e. The van der Waals surface area contributed by atoms with Crippen molar-refractivity contribution in [3.63, 3.8) is 0 Å². The average Bonchev–Trinajstić information content (AvgIpc) is 2.05. The minimum absolute atomic E-state index is 0.308. The van der Waals surface area contributed by atoms with Crippen LogP contribution in [0, 0.1) is 5.41 Å². The predicted molar refractivity (Wildman–Crippen MR) is 72.4 cm³/mol. The van der Waals surface area contributed by atoms with E-state index in [0.29, 0.717) is 15.9 Å². The molecular weight excluding hydrogens is 200 g/mol. The lowest BCUT2D eigenvalue weighted by atomic mass is 9.80. The SMILES string of the molecule is CC1=CCC(SC(C)C)C(C(C)(C)C)=C1. The molecule has 0 saturated heterocycles. The molecule has 1 aliphatic carbocycles. The highest BCUT2D eigenvalue weighted by Gasteiger charge is 2.27. The molecule has 1 rings (SSSR count). The van der Waals surface area contributed by atoms with E-state index in [1.54, 1.807) is 5.57 Å². The van der Waals surface area contributed by atoms with E-state index >= 15 is 0 Å². The van der Waals surface area contributed by atoms with Gasteiger partial charge in [-0.2, -0.15) is 11.8 Å². The maximum atomic E-state index is 2.39. The molecule has 1 heteroatoms. The lowest BCUT2D eigenvalue weighted by Gasteiger charge is -2.33. The molecule has 15 heavy (non-hydrogen) atoms. The zero-order valence-electron chi connectivity index (χ0n) is 10.9. The molecule has 0 aliphatic heterocycles. The Kier molecular flexibility index (Phi) is 4.11. The molecule has 86 valence electrons. The number of rotatable bonds is 2. The quantitative estimate of drug-likeness (QED) is 0.648. The molecule has 0 nitrogen and oxygen atoms in total. The third-order valence-electron chi connectivity index (χ3n) is 2.69. The van der Waals surface area contributed by atoms with Crippen LogP contribution in [-0.4, -0.2) is 10.5 Å². The Bertz CT molecular complexity index is 276. The van der Waals surface area contributed by atoms with Crippen LogP contribution in [0.1, 0.15) is 48.0 Å². The van der Waals surface area contributed by atoms with E-state index < -0.39 is 0 Å². The number of allylic oxidation sites excluding steroid dienone is 3. The van der Waals surface area contributed by atoms with Crippen LogP contribution in [0.2, 0.25) is 0 Å². The zero-order valence-corrected chi connectivity index (χ0v) is 11.7. The van der Waals surface area contributed by atoms with E-state index in [1.807, 2.05) is 0 Å². The van der Waals surface area contributed by atoms with Crippen molar-refractivity contribution >= 4 is 11.8 Å². The molecule has 0 N–H and O–H groups in total. The summed E-state index contributed by atoms with van der Waals surface area (Å²) >= 11 is 2.10. The summed E-state index contributed by atoms with van der Waals surface area (Å²) < 4.78 is 0. The van der Waals surface area contributed by atoms with E-state index in [0.717, 1.165) is 0 Å². The van der Waals surface area contributed by atoms with Gasteiger partial charge < -0.3 is 0 Å².